The highest BCUT2D eigenvalue weighted by atomic mass is 16.2. The van der Waals surface area contributed by atoms with Gasteiger partial charge in [0.25, 0.3) is 11.8 Å². The van der Waals surface area contributed by atoms with Crippen LogP contribution in [0.3, 0.4) is 0 Å². The van der Waals surface area contributed by atoms with Crippen LogP contribution in [0.4, 0.5) is 11.4 Å². The largest absolute Gasteiger partial charge is 0.322 e. The first-order chi connectivity index (χ1) is 12.9. The maximum atomic E-state index is 12.4. The molecular weight excluding hydrogens is 344 g/mol. The Morgan fingerprint density at radius 3 is 2.37 bits per heavy atom. The summed E-state index contributed by atoms with van der Waals surface area (Å²) in [5, 5.41) is 9.39. The Hall–Kier alpha value is -3.48. The average Bonchev–Trinajstić information content (AvgIpc) is 2.65. The first-order valence-corrected chi connectivity index (χ1v) is 8.58. The Bertz CT molecular complexity index is 933. The van der Waals surface area contributed by atoms with Gasteiger partial charge in [-0.15, -0.1) is 0 Å². The smallest absolute Gasteiger partial charge is 0.271 e. The zero-order chi connectivity index (χ0) is 19.4. The van der Waals surface area contributed by atoms with Crippen molar-refractivity contribution in [3.05, 3.63) is 59.2 Å². The SMILES string of the molecule is Cc1ccc(C(=O)Nc2cc(NC(=O)C3=NNC(=O)CC3)ccc2C)cc1. The third-order valence-corrected chi connectivity index (χ3v) is 4.22. The number of carbonyl (C=O) groups excluding carboxylic acids is 3. The predicted molar refractivity (Wildman–Crippen MR) is 104 cm³/mol. The lowest BCUT2D eigenvalue weighted by atomic mass is 10.1. The molecule has 0 spiro atoms. The molecule has 3 N–H and O–H groups in total. The number of anilines is 2. The van der Waals surface area contributed by atoms with Gasteiger partial charge >= 0.3 is 0 Å². The molecule has 7 heteroatoms. The Balaban J connectivity index is 1.72. The number of aryl methyl sites for hydroxylation is 2. The second-order valence-electron chi connectivity index (χ2n) is 6.40. The first-order valence-electron chi connectivity index (χ1n) is 8.58. The van der Waals surface area contributed by atoms with E-state index in [0.29, 0.717) is 23.4 Å². The van der Waals surface area contributed by atoms with E-state index in [4.69, 9.17) is 0 Å². The molecule has 1 aliphatic heterocycles. The third-order valence-electron chi connectivity index (χ3n) is 4.22. The lowest BCUT2D eigenvalue weighted by Crippen LogP contribution is -2.32. The molecule has 0 unspecified atom stereocenters. The molecule has 0 radical (unpaired) electrons. The van der Waals surface area contributed by atoms with Gasteiger partial charge in [-0.05, 0) is 43.7 Å². The fourth-order valence-corrected chi connectivity index (χ4v) is 2.57. The van der Waals surface area contributed by atoms with Crippen molar-refractivity contribution < 1.29 is 14.4 Å². The molecule has 3 rings (SSSR count). The van der Waals surface area contributed by atoms with Crippen LogP contribution in [0.2, 0.25) is 0 Å². The van der Waals surface area contributed by atoms with E-state index in [1.807, 2.05) is 32.0 Å². The number of benzene rings is 2. The number of nitrogens with one attached hydrogen (secondary N) is 3. The molecule has 0 fully saturated rings. The van der Waals surface area contributed by atoms with Crippen molar-refractivity contribution in [1.82, 2.24) is 5.43 Å². The predicted octanol–water partition coefficient (Wildman–Crippen LogP) is 2.76. The second-order valence-corrected chi connectivity index (χ2v) is 6.40. The molecule has 7 nitrogen and oxygen atoms in total. The molecule has 0 aliphatic carbocycles. The Labute approximate surface area is 156 Å². The highest BCUT2D eigenvalue weighted by molar-refractivity contribution is 6.43. The topological polar surface area (TPSA) is 99.7 Å². The Morgan fingerprint density at radius 2 is 1.70 bits per heavy atom. The van der Waals surface area contributed by atoms with Crippen LogP contribution in [0.1, 0.15) is 34.3 Å². The minimum absolute atomic E-state index is 0.206. The summed E-state index contributed by atoms with van der Waals surface area (Å²) in [6.07, 6.45) is 0.526. The van der Waals surface area contributed by atoms with Crippen LogP contribution in [0.5, 0.6) is 0 Å². The molecule has 2 aromatic carbocycles. The van der Waals surface area contributed by atoms with E-state index >= 15 is 0 Å². The number of nitrogens with zero attached hydrogens (tertiary/aromatic N) is 1. The normalized spacial score (nSPS) is 13.4. The van der Waals surface area contributed by atoms with Crippen molar-refractivity contribution in [3.8, 4) is 0 Å². The highest BCUT2D eigenvalue weighted by Crippen LogP contribution is 2.21. The van der Waals surface area contributed by atoms with Crippen LogP contribution in [-0.2, 0) is 9.59 Å². The van der Waals surface area contributed by atoms with Gasteiger partial charge in [0.05, 0.1) is 0 Å². The lowest BCUT2D eigenvalue weighted by Gasteiger charge is -2.14. The van der Waals surface area contributed by atoms with Crippen LogP contribution in [-0.4, -0.2) is 23.4 Å². The fraction of sp³-hybridized carbons (Fsp3) is 0.200. The van der Waals surface area contributed by atoms with Crippen LogP contribution in [0, 0.1) is 13.8 Å². The molecular formula is C20H20N4O3. The monoisotopic (exact) mass is 364 g/mol. The minimum atomic E-state index is -0.380. The van der Waals surface area contributed by atoms with E-state index in [1.165, 1.54) is 0 Å². The van der Waals surface area contributed by atoms with Crippen LogP contribution in [0.15, 0.2) is 47.6 Å². The van der Waals surface area contributed by atoms with E-state index in [0.717, 1.165) is 11.1 Å². The van der Waals surface area contributed by atoms with Gasteiger partial charge in [-0.25, -0.2) is 5.43 Å². The number of carbonyl (C=O) groups is 3. The summed E-state index contributed by atoms with van der Waals surface area (Å²) in [5.41, 5.74) is 6.21. The lowest BCUT2D eigenvalue weighted by molar-refractivity contribution is -0.121. The van der Waals surface area contributed by atoms with E-state index in [-0.39, 0.29) is 29.9 Å². The van der Waals surface area contributed by atoms with E-state index in [9.17, 15) is 14.4 Å². The van der Waals surface area contributed by atoms with Crippen molar-refractivity contribution in [3.63, 3.8) is 0 Å². The maximum absolute atomic E-state index is 12.4. The van der Waals surface area contributed by atoms with Gasteiger partial charge in [-0.2, -0.15) is 5.10 Å². The zero-order valence-electron chi connectivity index (χ0n) is 15.1. The van der Waals surface area contributed by atoms with Crippen molar-refractivity contribution in [2.45, 2.75) is 26.7 Å². The number of hydrogen-bond acceptors (Lipinski definition) is 4. The van der Waals surface area contributed by atoms with E-state index in [2.05, 4.69) is 21.2 Å². The Kier molecular flexibility index (Phi) is 5.30. The van der Waals surface area contributed by atoms with Crippen molar-refractivity contribution in [1.29, 1.82) is 0 Å². The van der Waals surface area contributed by atoms with Gasteiger partial charge in [0.1, 0.15) is 5.71 Å². The summed E-state index contributed by atoms with van der Waals surface area (Å²) in [6.45, 7) is 3.83. The van der Waals surface area contributed by atoms with Crippen LogP contribution < -0.4 is 16.1 Å². The van der Waals surface area contributed by atoms with Gasteiger partial charge in [0.15, 0.2) is 0 Å². The molecule has 3 amide bonds. The van der Waals surface area contributed by atoms with Crippen molar-refractivity contribution in [2.24, 2.45) is 5.10 Å². The van der Waals surface area contributed by atoms with E-state index in [1.54, 1.807) is 24.3 Å². The first kappa shape index (κ1) is 18.3. The summed E-state index contributed by atoms with van der Waals surface area (Å²) in [6, 6.07) is 12.5. The minimum Gasteiger partial charge on any atom is -0.322 e. The molecule has 1 heterocycles. The summed E-state index contributed by atoms with van der Waals surface area (Å²) in [7, 11) is 0. The maximum Gasteiger partial charge on any atom is 0.271 e. The molecule has 0 atom stereocenters. The van der Waals surface area contributed by atoms with Gasteiger partial charge in [-0.3, -0.25) is 14.4 Å². The van der Waals surface area contributed by atoms with Crippen LogP contribution >= 0.6 is 0 Å². The standard InChI is InChI=1S/C20H20N4O3/c1-12-3-6-14(7-4-12)19(26)22-17-11-15(8-5-13(17)2)21-20(27)16-9-10-18(25)24-23-16/h3-8,11H,9-10H2,1-2H3,(H,21,27)(H,22,26)(H,24,25). The molecule has 0 bridgehead atoms. The van der Waals surface area contributed by atoms with Crippen molar-refractivity contribution >= 4 is 34.8 Å². The molecule has 0 saturated carbocycles. The van der Waals surface area contributed by atoms with Gasteiger partial charge in [0, 0.05) is 29.8 Å². The molecule has 2 aromatic rings. The van der Waals surface area contributed by atoms with Gasteiger partial charge in [0.2, 0.25) is 5.91 Å². The average molecular weight is 364 g/mol. The number of hydrogen-bond donors (Lipinski definition) is 3. The van der Waals surface area contributed by atoms with Gasteiger partial charge < -0.3 is 10.6 Å². The summed E-state index contributed by atoms with van der Waals surface area (Å²) >= 11 is 0. The second kappa shape index (κ2) is 7.82. The number of hydrazone groups is 1. The van der Waals surface area contributed by atoms with E-state index < -0.39 is 0 Å². The van der Waals surface area contributed by atoms with Gasteiger partial charge in [-0.1, -0.05) is 23.8 Å². The fourth-order valence-electron chi connectivity index (χ4n) is 2.57. The highest BCUT2D eigenvalue weighted by Gasteiger charge is 2.18. The Morgan fingerprint density at radius 1 is 0.963 bits per heavy atom. The molecule has 1 aliphatic rings. The number of amides is 3. The number of rotatable bonds is 4. The molecule has 27 heavy (non-hydrogen) atoms. The molecule has 0 saturated heterocycles. The zero-order valence-corrected chi connectivity index (χ0v) is 15.1. The third kappa shape index (κ3) is 4.58. The quantitative estimate of drug-likeness (QED) is 0.778. The molecule has 0 aromatic heterocycles. The summed E-state index contributed by atoms with van der Waals surface area (Å²) < 4.78 is 0. The summed E-state index contributed by atoms with van der Waals surface area (Å²) in [4.78, 5) is 35.8. The van der Waals surface area contributed by atoms with Crippen LogP contribution in [0.25, 0.3) is 0 Å². The van der Waals surface area contributed by atoms with Crippen molar-refractivity contribution in [2.75, 3.05) is 10.6 Å². The molecule has 138 valence electrons. The summed E-state index contributed by atoms with van der Waals surface area (Å²) in [5.74, 6) is -0.807.